The summed E-state index contributed by atoms with van der Waals surface area (Å²) in [7, 11) is 0. The van der Waals surface area contributed by atoms with Gasteiger partial charge < -0.3 is 16.4 Å². The van der Waals surface area contributed by atoms with Gasteiger partial charge in [0.15, 0.2) is 0 Å². The van der Waals surface area contributed by atoms with Crippen molar-refractivity contribution in [2.24, 2.45) is 11.7 Å². The third kappa shape index (κ3) is 7.14. The van der Waals surface area contributed by atoms with Gasteiger partial charge in [0.2, 0.25) is 11.8 Å². The van der Waals surface area contributed by atoms with Crippen LogP contribution >= 0.6 is 0 Å². The van der Waals surface area contributed by atoms with Gasteiger partial charge in [0.25, 0.3) is 0 Å². The van der Waals surface area contributed by atoms with E-state index >= 15 is 0 Å². The Morgan fingerprint density at radius 1 is 1.00 bits per heavy atom. The zero-order valence-electron chi connectivity index (χ0n) is 16.0. The average Bonchev–Trinajstić information content (AvgIpc) is 2.84. The third-order valence-electron chi connectivity index (χ3n) is 4.56. The van der Waals surface area contributed by atoms with Crippen LogP contribution in [-0.2, 0) is 9.59 Å². The Balaban J connectivity index is 1.81. The predicted molar refractivity (Wildman–Crippen MR) is 106 cm³/mol. The molecule has 0 saturated carbocycles. The van der Waals surface area contributed by atoms with Gasteiger partial charge in [-0.3, -0.25) is 14.5 Å². The first-order valence-electron chi connectivity index (χ1n) is 9.63. The number of carbonyl (C=O) groups excluding carboxylic acids is 2. The monoisotopic (exact) mass is 360 g/mol. The molecule has 1 aromatic carbocycles. The van der Waals surface area contributed by atoms with E-state index in [1.165, 1.54) is 25.7 Å². The van der Waals surface area contributed by atoms with Crippen LogP contribution in [0.15, 0.2) is 24.3 Å². The first-order valence-corrected chi connectivity index (χ1v) is 9.63. The summed E-state index contributed by atoms with van der Waals surface area (Å²) < 4.78 is 0. The number of benzene rings is 1. The molecule has 1 saturated heterocycles. The minimum absolute atomic E-state index is 0.00245. The van der Waals surface area contributed by atoms with Crippen LogP contribution in [0, 0.1) is 5.92 Å². The van der Waals surface area contributed by atoms with Gasteiger partial charge in [0.05, 0.1) is 12.6 Å². The number of carbonyl (C=O) groups is 2. The SMILES string of the molecule is CC(C)C[C@H](N)C(=O)Nc1ccc(NC(=O)CN2CCCCCC2)cc1. The fraction of sp³-hybridized carbons (Fsp3) is 0.600. The summed E-state index contributed by atoms with van der Waals surface area (Å²) in [4.78, 5) is 26.5. The van der Waals surface area contributed by atoms with E-state index in [0.29, 0.717) is 24.6 Å². The van der Waals surface area contributed by atoms with Crippen LogP contribution in [-0.4, -0.2) is 42.4 Å². The minimum Gasteiger partial charge on any atom is -0.325 e. The van der Waals surface area contributed by atoms with Crippen molar-refractivity contribution in [3.63, 3.8) is 0 Å². The zero-order valence-corrected chi connectivity index (χ0v) is 16.0. The molecule has 2 amide bonds. The zero-order chi connectivity index (χ0) is 18.9. The van der Waals surface area contributed by atoms with Crippen LogP contribution in [0.3, 0.4) is 0 Å². The van der Waals surface area contributed by atoms with Gasteiger partial charge in [-0.25, -0.2) is 0 Å². The fourth-order valence-electron chi connectivity index (χ4n) is 3.18. The van der Waals surface area contributed by atoms with E-state index in [2.05, 4.69) is 15.5 Å². The third-order valence-corrected chi connectivity index (χ3v) is 4.56. The standard InChI is InChI=1S/C20H32N4O2/c1-15(2)13-18(21)20(26)23-17-9-7-16(8-10-17)22-19(25)14-24-11-5-3-4-6-12-24/h7-10,15,18H,3-6,11-14,21H2,1-2H3,(H,22,25)(H,23,26)/t18-/m0/s1. The van der Waals surface area contributed by atoms with Gasteiger partial charge in [-0.15, -0.1) is 0 Å². The number of nitrogens with two attached hydrogens (primary N) is 1. The lowest BCUT2D eigenvalue weighted by atomic mass is 10.0. The largest absolute Gasteiger partial charge is 0.325 e. The molecule has 0 radical (unpaired) electrons. The summed E-state index contributed by atoms with van der Waals surface area (Å²) in [5.41, 5.74) is 7.30. The molecule has 26 heavy (non-hydrogen) atoms. The quantitative estimate of drug-likeness (QED) is 0.698. The molecule has 0 aromatic heterocycles. The number of nitrogens with one attached hydrogen (secondary N) is 2. The highest BCUT2D eigenvalue weighted by Crippen LogP contribution is 2.15. The second-order valence-electron chi connectivity index (χ2n) is 7.54. The van der Waals surface area contributed by atoms with Crippen molar-refractivity contribution in [1.82, 2.24) is 4.90 Å². The van der Waals surface area contributed by atoms with Gasteiger partial charge >= 0.3 is 0 Å². The second-order valence-corrected chi connectivity index (χ2v) is 7.54. The van der Waals surface area contributed by atoms with Crippen molar-refractivity contribution in [3.8, 4) is 0 Å². The Morgan fingerprint density at radius 2 is 1.54 bits per heavy atom. The topological polar surface area (TPSA) is 87.5 Å². The summed E-state index contributed by atoms with van der Waals surface area (Å²) >= 11 is 0. The summed E-state index contributed by atoms with van der Waals surface area (Å²) in [6.07, 6.45) is 5.50. The molecule has 1 atom stereocenters. The first kappa shape index (κ1) is 20.4. The highest BCUT2D eigenvalue weighted by molar-refractivity contribution is 5.95. The van der Waals surface area contributed by atoms with Crippen molar-refractivity contribution in [1.29, 1.82) is 0 Å². The average molecular weight is 361 g/mol. The molecular weight excluding hydrogens is 328 g/mol. The molecule has 144 valence electrons. The molecule has 1 heterocycles. The van der Waals surface area contributed by atoms with E-state index in [9.17, 15) is 9.59 Å². The normalized spacial score (nSPS) is 16.8. The number of nitrogens with zero attached hydrogens (tertiary/aromatic N) is 1. The number of likely N-dealkylation sites (tertiary alicyclic amines) is 1. The number of hydrogen-bond donors (Lipinski definition) is 3. The van der Waals surface area contributed by atoms with Gasteiger partial charge in [0.1, 0.15) is 0 Å². The number of anilines is 2. The van der Waals surface area contributed by atoms with E-state index in [-0.39, 0.29) is 11.8 Å². The van der Waals surface area contributed by atoms with Crippen LogP contribution in [0.4, 0.5) is 11.4 Å². The predicted octanol–water partition coefficient (Wildman–Crippen LogP) is 2.81. The van der Waals surface area contributed by atoms with Crippen LogP contribution < -0.4 is 16.4 Å². The maximum absolute atomic E-state index is 12.2. The molecule has 1 aliphatic rings. The van der Waals surface area contributed by atoms with Crippen LogP contribution in [0.25, 0.3) is 0 Å². The molecule has 1 aliphatic heterocycles. The molecule has 4 N–H and O–H groups in total. The summed E-state index contributed by atoms with van der Waals surface area (Å²) in [5, 5.41) is 5.74. The van der Waals surface area contributed by atoms with Gasteiger partial charge in [0, 0.05) is 11.4 Å². The molecule has 0 bridgehead atoms. The molecule has 0 spiro atoms. The smallest absolute Gasteiger partial charge is 0.241 e. The molecule has 0 aliphatic carbocycles. The Morgan fingerprint density at radius 3 is 2.08 bits per heavy atom. The first-order chi connectivity index (χ1) is 12.4. The Hall–Kier alpha value is -1.92. The van der Waals surface area contributed by atoms with Crippen LogP contribution in [0.5, 0.6) is 0 Å². The minimum atomic E-state index is -0.511. The van der Waals surface area contributed by atoms with Crippen molar-refractivity contribution < 1.29 is 9.59 Å². The van der Waals surface area contributed by atoms with E-state index < -0.39 is 6.04 Å². The maximum atomic E-state index is 12.2. The fourth-order valence-corrected chi connectivity index (χ4v) is 3.18. The lowest BCUT2D eigenvalue weighted by Gasteiger charge is -2.19. The molecule has 1 aromatic rings. The van der Waals surface area contributed by atoms with Crippen LogP contribution in [0.2, 0.25) is 0 Å². The van der Waals surface area contributed by atoms with Crippen LogP contribution in [0.1, 0.15) is 46.0 Å². The maximum Gasteiger partial charge on any atom is 0.241 e. The molecule has 0 unspecified atom stereocenters. The van der Waals surface area contributed by atoms with E-state index in [4.69, 9.17) is 5.73 Å². The number of rotatable bonds is 7. The molecule has 2 rings (SSSR count). The van der Waals surface area contributed by atoms with E-state index in [1.54, 1.807) is 24.3 Å². The Kier molecular flexibility index (Phi) is 8.06. The van der Waals surface area contributed by atoms with Crippen molar-refractivity contribution in [3.05, 3.63) is 24.3 Å². The van der Waals surface area contributed by atoms with E-state index in [1.807, 2.05) is 13.8 Å². The van der Waals surface area contributed by atoms with E-state index in [0.717, 1.165) is 18.8 Å². The molecule has 6 heteroatoms. The highest BCUT2D eigenvalue weighted by Gasteiger charge is 2.15. The second kappa shape index (κ2) is 10.3. The number of hydrogen-bond acceptors (Lipinski definition) is 4. The van der Waals surface area contributed by atoms with Crippen molar-refractivity contribution in [2.75, 3.05) is 30.3 Å². The highest BCUT2D eigenvalue weighted by atomic mass is 16.2. The lowest BCUT2D eigenvalue weighted by Crippen LogP contribution is -2.36. The molecule has 6 nitrogen and oxygen atoms in total. The van der Waals surface area contributed by atoms with Gasteiger partial charge in [-0.2, -0.15) is 0 Å². The lowest BCUT2D eigenvalue weighted by molar-refractivity contribution is -0.118. The van der Waals surface area contributed by atoms with Gasteiger partial charge in [-0.05, 0) is 62.5 Å². The van der Waals surface area contributed by atoms with Crippen molar-refractivity contribution in [2.45, 2.75) is 52.0 Å². The number of amides is 2. The van der Waals surface area contributed by atoms with Gasteiger partial charge in [-0.1, -0.05) is 26.7 Å². The Bertz CT molecular complexity index is 578. The summed E-state index contributed by atoms with van der Waals surface area (Å²) in [6.45, 7) is 6.50. The summed E-state index contributed by atoms with van der Waals surface area (Å²) in [6, 6.07) is 6.64. The molecule has 1 fully saturated rings. The molecular formula is C20H32N4O2. The van der Waals surface area contributed by atoms with Crippen molar-refractivity contribution >= 4 is 23.2 Å². The Labute approximate surface area is 156 Å². The summed E-state index contributed by atoms with van der Waals surface area (Å²) in [5.74, 6) is 0.192.